The fourth-order valence-electron chi connectivity index (χ4n) is 0.995. The Bertz CT molecular complexity index is 471. The topological polar surface area (TPSA) is 81.0 Å². The lowest BCUT2D eigenvalue weighted by Gasteiger charge is -1.97. The summed E-state index contributed by atoms with van der Waals surface area (Å²) in [5.74, 6) is 0.264. The van der Waals surface area contributed by atoms with E-state index < -0.39 is 5.76 Å². The maximum absolute atomic E-state index is 10.7. The number of H-pyrrole nitrogens is 1. The molecular formula is C8H7N3O3. The van der Waals surface area contributed by atoms with Crippen LogP contribution in [0.3, 0.4) is 0 Å². The van der Waals surface area contributed by atoms with E-state index in [-0.39, 0.29) is 0 Å². The third-order valence-corrected chi connectivity index (χ3v) is 1.66. The van der Waals surface area contributed by atoms with Gasteiger partial charge in [0, 0.05) is 17.8 Å². The Kier molecular flexibility index (Phi) is 2.02. The van der Waals surface area contributed by atoms with Crippen molar-refractivity contribution in [3.05, 3.63) is 28.9 Å². The number of ether oxygens (including phenoxy) is 1. The number of hydrogen-bond donors (Lipinski definition) is 1. The summed E-state index contributed by atoms with van der Waals surface area (Å²) in [4.78, 5) is 17.0. The van der Waals surface area contributed by atoms with Crippen LogP contribution >= 0.6 is 0 Å². The highest BCUT2D eigenvalue weighted by molar-refractivity contribution is 5.52. The lowest BCUT2D eigenvalue weighted by atomic mass is 10.3. The third-order valence-electron chi connectivity index (χ3n) is 1.66. The summed E-state index contributed by atoms with van der Waals surface area (Å²) in [5.41, 5.74) is 0.664. The Hall–Kier alpha value is -2.11. The van der Waals surface area contributed by atoms with Crippen molar-refractivity contribution in [3.63, 3.8) is 0 Å². The van der Waals surface area contributed by atoms with Crippen LogP contribution in [0.1, 0.15) is 0 Å². The summed E-state index contributed by atoms with van der Waals surface area (Å²) in [6.07, 6.45) is 1.53. The van der Waals surface area contributed by atoms with Crippen molar-refractivity contribution < 1.29 is 9.26 Å². The molecule has 0 aliphatic heterocycles. The largest absolute Gasteiger partial charge is 0.481 e. The molecule has 0 aromatic carbocycles. The van der Waals surface area contributed by atoms with E-state index in [1.54, 1.807) is 12.1 Å². The highest BCUT2D eigenvalue weighted by Crippen LogP contribution is 2.14. The van der Waals surface area contributed by atoms with Crippen LogP contribution in [0.15, 0.2) is 27.6 Å². The summed E-state index contributed by atoms with van der Waals surface area (Å²) in [6, 6.07) is 3.39. The van der Waals surface area contributed by atoms with Crippen LogP contribution < -0.4 is 10.5 Å². The van der Waals surface area contributed by atoms with Gasteiger partial charge in [-0.25, -0.2) is 9.78 Å². The summed E-state index contributed by atoms with van der Waals surface area (Å²) < 4.78 is 9.24. The van der Waals surface area contributed by atoms with Crippen LogP contribution in [-0.4, -0.2) is 22.2 Å². The molecule has 0 unspecified atom stereocenters. The van der Waals surface area contributed by atoms with Crippen molar-refractivity contribution in [3.8, 4) is 17.3 Å². The summed E-state index contributed by atoms with van der Waals surface area (Å²) in [6.45, 7) is 0. The van der Waals surface area contributed by atoms with Gasteiger partial charge in [-0.3, -0.25) is 9.51 Å². The molecule has 0 amide bonds. The first-order valence-electron chi connectivity index (χ1n) is 3.86. The molecular weight excluding hydrogens is 186 g/mol. The summed E-state index contributed by atoms with van der Waals surface area (Å²) in [7, 11) is 1.53. The average Bonchev–Trinajstić information content (AvgIpc) is 2.65. The Labute approximate surface area is 78.5 Å². The van der Waals surface area contributed by atoms with Crippen molar-refractivity contribution >= 4 is 0 Å². The third kappa shape index (κ3) is 1.49. The lowest BCUT2D eigenvalue weighted by molar-refractivity contribution is 0.387. The first-order valence-corrected chi connectivity index (χ1v) is 3.86. The molecule has 2 aromatic rings. The second-order valence-electron chi connectivity index (χ2n) is 2.53. The highest BCUT2D eigenvalue weighted by Gasteiger charge is 2.04. The molecule has 2 rings (SSSR count). The molecule has 0 atom stereocenters. The maximum Gasteiger partial charge on any atom is 0.439 e. The van der Waals surface area contributed by atoms with E-state index in [1.807, 2.05) is 0 Å². The number of aromatic amines is 1. The lowest BCUT2D eigenvalue weighted by Crippen LogP contribution is -1.95. The summed E-state index contributed by atoms with van der Waals surface area (Å²) in [5, 5.41) is 3.52. The SMILES string of the molecule is COc1ccc(-c2noc(=O)[nH]2)cn1. The van der Waals surface area contributed by atoms with Crippen molar-refractivity contribution in [2.75, 3.05) is 7.11 Å². The number of hydrogen-bond acceptors (Lipinski definition) is 5. The van der Waals surface area contributed by atoms with E-state index in [2.05, 4.69) is 19.6 Å². The second kappa shape index (κ2) is 3.33. The van der Waals surface area contributed by atoms with Gasteiger partial charge in [0.2, 0.25) is 5.88 Å². The smallest absolute Gasteiger partial charge is 0.439 e. The predicted molar refractivity (Wildman–Crippen MR) is 46.9 cm³/mol. The number of methoxy groups -OCH3 is 1. The number of aromatic nitrogens is 3. The van der Waals surface area contributed by atoms with E-state index in [0.29, 0.717) is 17.3 Å². The average molecular weight is 193 g/mol. The van der Waals surface area contributed by atoms with E-state index >= 15 is 0 Å². The van der Waals surface area contributed by atoms with Gasteiger partial charge in [-0.2, -0.15) is 0 Å². The zero-order valence-corrected chi connectivity index (χ0v) is 7.35. The van der Waals surface area contributed by atoms with Crippen molar-refractivity contribution in [1.29, 1.82) is 0 Å². The maximum atomic E-state index is 10.7. The molecule has 1 N–H and O–H groups in total. The van der Waals surface area contributed by atoms with E-state index in [4.69, 9.17) is 4.74 Å². The minimum absolute atomic E-state index is 0.352. The zero-order chi connectivity index (χ0) is 9.97. The second-order valence-corrected chi connectivity index (χ2v) is 2.53. The van der Waals surface area contributed by atoms with Crippen molar-refractivity contribution in [1.82, 2.24) is 15.1 Å². The van der Waals surface area contributed by atoms with Gasteiger partial charge >= 0.3 is 5.76 Å². The van der Waals surface area contributed by atoms with Crippen LogP contribution in [-0.2, 0) is 0 Å². The van der Waals surface area contributed by atoms with Crippen LogP contribution in [0.4, 0.5) is 0 Å². The Morgan fingerprint density at radius 1 is 1.50 bits per heavy atom. The molecule has 0 saturated carbocycles. The molecule has 2 aromatic heterocycles. The van der Waals surface area contributed by atoms with Crippen LogP contribution in [0.5, 0.6) is 5.88 Å². The Balaban J connectivity index is 2.38. The fraction of sp³-hybridized carbons (Fsp3) is 0.125. The monoisotopic (exact) mass is 193 g/mol. The molecule has 0 spiro atoms. The molecule has 6 heteroatoms. The van der Waals surface area contributed by atoms with E-state index in [1.165, 1.54) is 13.3 Å². The fourth-order valence-corrected chi connectivity index (χ4v) is 0.995. The van der Waals surface area contributed by atoms with Gasteiger partial charge in [0.15, 0.2) is 5.82 Å². The predicted octanol–water partition coefficient (Wildman–Crippen LogP) is 0.433. The first-order chi connectivity index (χ1) is 6.79. The van der Waals surface area contributed by atoms with E-state index in [0.717, 1.165) is 0 Å². The van der Waals surface area contributed by atoms with E-state index in [9.17, 15) is 4.79 Å². The van der Waals surface area contributed by atoms with Crippen molar-refractivity contribution in [2.24, 2.45) is 0 Å². The molecule has 6 nitrogen and oxygen atoms in total. The molecule has 0 saturated heterocycles. The van der Waals surface area contributed by atoms with Gasteiger partial charge in [0.25, 0.3) is 0 Å². The Morgan fingerprint density at radius 2 is 2.36 bits per heavy atom. The number of pyridine rings is 1. The quantitative estimate of drug-likeness (QED) is 0.748. The highest BCUT2D eigenvalue weighted by atomic mass is 16.5. The molecule has 0 bridgehead atoms. The van der Waals surface area contributed by atoms with Gasteiger partial charge < -0.3 is 4.74 Å². The van der Waals surface area contributed by atoms with Gasteiger partial charge in [0.05, 0.1) is 7.11 Å². The number of nitrogens with zero attached hydrogens (tertiary/aromatic N) is 2. The molecule has 0 radical (unpaired) electrons. The minimum Gasteiger partial charge on any atom is -0.481 e. The first kappa shape index (κ1) is 8.49. The van der Waals surface area contributed by atoms with Gasteiger partial charge in [0.1, 0.15) is 0 Å². The number of nitrogens with one attached hydrogen (secondary N) is 1. The Morgan fingerprint density at radius 3 is 2.86 bits per heavy atom. The zero-order valence-electron chi connectivity index (χ0n) is 7.35. The van der Waals surface area contributed by atoms with Gasteiger partial charge in [-0.1, -0.05) is 5.16 Å². The van der Waals surface area contributed by atoms with Crippen molar-refractivity contribution in [2.45, 2.75) is 0 Å². The normalized spacial score (nSPS) is 10.1. The van der Waals surface area contributed by atoms with Gasteiger partial charge in [-0.15, -0.1) is 0 Å². The molecule has 72 valence electrons. The molecule has 0 aliphatic carbocycles. The standard InChI is InChI=1S/C8H7N3O3/c1-13-6-3-2-5(4-9-6)7-10-8(12)14-11-7/h2-4H,1H3,(H,10,11,12). The van der Waals surface area contributed by atoms with Gasteiger partial charge in [-0.05, 0) is 6.07 Å². The molecule has 2 heterocycles. The number of rotatable bonds is 2. The minimum atomic E-state index is -0.587. The van der Waals surface area contributed by atoms with Crippen LogP contribution in [0.25, 0.3) is 11.4 Å². The molecule has 0 fully saturated rings. The van der Waals surface area contributed by atoms with Crippen LogP contribution in [0.2, 0.25) is 0 Å². The molecule has 0 aliphatic rings. The van der Waals surface area contributed by atoms with Crippen LogP contribution in [0, 0.1) is 0 Å². The summed E-state index contributed by atoms with van der Waals surface area (Å²) >= 11 is 0. The molecule has 14 heavy (non-hydrogen) atoms.